The van der Waals surface area contributed by atoms with Crippen molar-refractivity contribution in [3.05, 3.63) is 29.8 Å². The fourth-order valence-electron chi connectivity index (χ4n) is 1.38. The van der Waals surface area contributed by atoms with Crippen molar-refractivity contribution in [3.8, 4) is 6.07 Å². The van der Waals surface area contributed by atoms with E-state index in [0.717, 1.165) is 0 Å². The number of benzene rings is 1. The number of nitrogens with zero attached hydrogens (tertiary/aromatic N) is 1. The molecule has 0 heterocycles. The number of aliphatic hydroxyl groups excluding tert-OH is 1. The average molecular weight is 268 g/mol. The molecule has 0 aliphatic rings. The van der Waals surface area contributed by atoms with Crippen molar-refractivity contribution in [3.63, 3.8) is 0 Å². The van der Waals surface area contributed by atoms with Gasteiger partial charge >= 0.3 is 0 Å². The van der Waals surface area contributed by atoms with Gasteiger partial charge in [0.05, 0.1) is 28.9 Å². The molecule has 2 N–H and O–H groups in total. The van der Waals surface area contributed by atoms with Gasteiger partial charge in [0, 0.05) is 12.6 Å². The van der Waals surface area contributed by atoms with Crippen LogP contribution >= 0.6 is 0 Å². The Labute approximate surface area is 107 Å². The van der Waals surface area contributed by atoms with E-state index in [0.29, 0.717) is 5.56 Å². The lowest BCUT2D eigenvalue weighted by atomic mass is 10.2. The molecule has 0 amide bonds. The lowest BCUT2D eigenvalue weighted by Gasteiger charge is -2.10. The lowest BCUT2D eigenvalue weighted by Crippen LogP contribution is -2.33. The van der Waals surface area contributed by atoms with Crippen molar-refractivity contribution >= 4 is 9.84 Å². The monoisotopic (exact) mass is 268 g/mol. The van der Waals surface area contributed by atoms with Crippen LogP contribution in [0.3, 0.4) is 0 Å². The maximum absolute atomic E-state index is 12.0. The minimum absolute atomic E-state index is 0.0377. The molecule has 98 valence electrons. The number of hydrogen-bond donors (Lipinski definition) is 2. The van der Waals surface area contributed by atoms with E-state index in [1.807, 2.05) is 6.07 Å². The molecule has 0 aromatic heterocycles. The van der Waals surface area contributed by atoms with E-state index in [1.165, 1.54) is 12.1 Å². The molecule has 0 saturated heterocycles. The van der Waals surface area contributed by atoms with Gasteiger partial charge in [0.25, 0.3) is 0 Å². The minimum Gasteiger partial charge on any atom is -0.395 e. The van der Waals surface area contributed by atoms with E-state index < -0.39 is 9.84 Å². The molecule has 1 aromatic carbocycles. The smallest absolute Gasteiger partial charge is 0.179 e. The molecule has 0 bridgehead atoms. The number of hydrogen-bond acceptors (Lipinski definition) is 5. The van der Waals surface area contributed by atoms with Gasteiger partial charge in [-0.2, -0.15) is 5.26 Å². The second kappa shape index (κ2) is 6.50. The lowest BCUT2D eigenvalue weighted by molar-refractivity contribution is 0.253. The van der Waals surface area contributed by atoms with Gasteiger partial charge in [0.2, 0.25) is 0 Å². The second-order valence-electron chi connectivity index (χ2n) is 4.00. The van der Waals surface area contributed by atoms with Crippen molar-refractivity contribution < 1.29 is 13.5 Å². The Morgan fingerprint density at radius 3 is 2.83 bits per heavy atom. The van der Waals surface area contributed by atoms with Gasteiger partial charge < -0.3 is 10.4 Å². The predicted molar refractivity (Wildman–Crippen MR) is 67.8 cm³/mol. The second-order valence-corrected chi connectivity index (χ2v) is 6.11. The van der Waals surface area contributed by atoms with E-state index in [9.17, 15) is 8.42 Å². The van der Waals surface area contributed by atoms with Crippen molar-refractivity contribution in [1.82, 2.24) is 5.32 Å². The summed E-state index contributed by atoms with van der Waals surface area (Å²) in [5.74, 6) is -0.0633. The molecule has 0 radical (unpaired) electrons. The van der Waals surface area contributed by atoms with Crippen LogP contribution in [0.4, 0.5) is 0 Å². The van der Waals surface area contributed by atoms with Crippen LogP contribution in [-0.2, 0) is 9.84 Å². The van der Waals surface area contributed by atoms with E-state index in [4.69, 9.17) is 10.4 Å². The summed E-state index contributed by atoms with van der Waals surface area (Å²) < 4.78 is 23.9. The zero-order valence-corrected chi connectivity index (χ0v) is 10.9. The largest absolute Gasteiger partial charge is 0.395 e. The van der Waals surface area contributed by atoms with Crippen LogP contribution in [0.25, 0.3) is 0 Å². The molecular weight excluding hydrogens is 252 g/mol. The molecule has 5 nitrogen and oxygen atoms in total. The molecule has 6 heteroatoms. The van der Waals surface area contributed by atoms with E-state index in [-0.39, 0.29) is 29.8 Å². The third kappa shape index (κ3) is 4.11. The summed E-state index contributed by atoms with van der Waals surface area (Å²) in [5.41, 5.74) is 0.327. The van der Waals surface area contributed by atoms with E-state index in [1.54, 1.807) is 19.1 Å². The Bertz CT molecular complexity index is 534. The van der Waals surface area contributed by atoms with Gasteiger partial charge in [-0.3, -0.25) is 0 Å². The van der Waals surface area contributed by atoms with Gasteiger partial charge in [-0.05, 0) is 25.1 Å². The highest BCUT2D eigenvalue weighted by molar-refractivity contribution is 7.91. The van der Waals surface area contributed by atoms with Crippen LogP contribution in [0.15, 0.2) is 29.2 Å². The van der Waals surface area contributed by atoms with Crippen LogP contribution in [0.1, 0.15) is 12.5 Å². The zero-order valence-electron chi connectivity index (χ0n) is 10.1. The first-order valence-electron chi connectivity index (χ1n) is 5.57. The standard InChI is InChI=1S/C12H16N2O3S/c1-10(9-15)14-5-6-18(16,17)12-4-2-3-11(7-12)8-13/h2-4,7,10,14-15H,5-6,9H2,1H3. The molecule has 0 aliphatic carbocycles. The normalized spacial score (nSPS) is 12.9. The predicted octanol–water partition coefficient (Wildman–Crippen LogP) is 0.302. The number of sulfone groups is 1. The quantitative estimate of drug-likeness (QED) is 0.774. The first-order valence-corrected chi connectivity index (χ1v) is 7.22. The Morgan fingerprint density at radius 1 is 1.50 bits per heavy atom. The molecule has 0 spiro atoms. The summed E-state index contributed by atoms with van der Waals surface area (Å²) in [6.07, 6.45) is 0. The fourth-order valence-corrected chi connectivity index (χ4v) is 2.60. The van der Waals surface area contributed by atoms with Crippen molar-refractivity contribution in [2.45, 2.75) is 17.9 Å². The Balaban J connectivity index is 2.72. The summed E-state index contributed by atoms with van der Waals surface area (Å²) in [6, 6.07) is 7.73. The summed E-state index contributed by atoms with van der Waals surface area (Å²) in [7, 11) is -3.39. The van der Waals surface area contributed by atoms with Crippen LogP contribution in [0.2, 0.25) is 0 Å². The van der Waals surface area contributed by atoms with E-state index >= 15 is 0 Å². The molecule has 0 aliphatic heterocycles. The highest BCUT2D eigenvalue weighted by Crippen LogP contribution is 2.12. The summed E-state index contributed by atoms with van der Waals surface area (Å²) in [5, 5.41) is 20.4. The van der Waals surface area contributed by atoms with Gasteiger partial charge in [-0.25, -0.2) is 8.42 Å². The molecule has 1 unspecified atom stereocenters. The van der Waals surface area contributed by atoms with Crippen molar-refractivity contribution in [1.29, 1.82) is 5.26 Å². The highest BCUT2D eigenvalue weighted by atomic mass is 32.2. The minimum atomic E-state index is -3.39. The summed E-state index contributed by atoms with van der Waals surface area (Å²) in [4.78, 5) is 0.153. The van der Waals surface area contributed by atoms with Crippen molar-refractivity contribution in [2.75, 3.05) is 18.9 Å². The number of aliphatic hydroxyl groups is 1. The van der Waals surface area contributed by atoms with Crippen LogP contribution in [-0.4, -0.2) is 38.5 Å². The maximum atomic E-state index is 12.0. The molecule has 0 saturated carbocycles. The molecule has 1 rings (SSSR count). The van der Waals surface area contributed by atoms with Crippen LogP contribution < -0.4 is 5.32 Å². The van der Waals surface area contributed by atoms with Crippen LogP contribution in [0, 0.1) is 11.3 Å². The Morgan fingerprint density at radius 2 is 2.22 bits per heavy atom. The zero-order chi connectivity index (χ0) is 13.6. The van der Waals surface area contributed by atoms with E-state index in [2.05, 4.69) is 5.32 Å². The summed E-state index contributed by atoms with van der Waals surface area (Å²) >= 11 is 0. The first-order chi connectivity index (χ1) is 8.49. The SMILES string of the molecule is CC(CO)NCCS(=O)(=O)c1cccc(C#N)c1. The third-order valence-electron chi connectivity index (χ3n) is 2.46. The van der Waals surface area contributed by atoms with Gasteiger partial charge in [0.15, 0.2) is 9.84 Å². The topological polar surface area (TPSA) is 90.2 Å². The number of nitrogens with one attached hydrogen (secondary N) is 1. The molecule has 0 fully saturated rings. The van der Waals surface area contributed by atoms with Gasteiger partial charge in [0.1, 0.15) is 0 Å². The number of rotatable bonds is 6. The maximum Gasteiger partial charge on any atom is 0.179 e. The Kier molecular flexibility index (Phi) is 5.28. The summed E-state index contributed by atoms with van der Waals surface area (Å²) in [6.45, 7) is 1.99. The molecule has 1 atom stereocenters. The molecule has 18 heavy (non-hydrogen) atoms. The molecule has 1 aromatic rings. The Hall–Kier alpha value is -1.42. The first kappa shape index (κ1) is 14.6. The molecular formula is C12H16N2O3S. The van der Waals surface area contributed by atoms with Crippen LogP contribution in [0.5, 0.6) is 0 Å². The highest BCUT2D eigenvalue weighted by Gasteiger charge is 2.14. The van der Waals surface area contributed by atoms with Crippen molar-refractivity contribution in [2.24, 2.45) is 0 Å². The average Bonchev–Trinajstić information content (AvgIpc) is 2.38. The van der Waals surface area contributed by atoms with Gasteiger partial charge in [-0.1, -0.05) is 6.07 Å². The third-order valence-corrected chi connectivity index (χ3v) is 4.17. The van der Waals surface area contributed by atoms with Gasteiger partial charge in [-0.15, -0.1) is 0 Å². The number of nitriles is 1. The fraction of sp³-hybridized carbons (Fsp3) is 0.417.